The Morgan fingerprint density at radius 3 is 2.56 bits per heavy atom. The van der Waals surface area contributed by atoms with E-state index in [-0.39, 0.29) is 5.82 Å². The van der Waals surface area contributed by atoms with Gasteiger partial charge in [-0.1, -0.05) is 19.1 Å². The minimum absolute atomic E-state index is 0.154. The van der Waals surface area contributed by atoms with Gasteiger partial charge in [0.15, 0.2) is 0 Å². The molecule has 0 saturated heterocycles. The van der Waals surface area contributed by atoms with E-state index in [9.17, 15) is 4.39 Å². The molecule has 18 heavy (non-hydrogen) atoms. The van der Waals surface area contributed by atoms with Crippen molar-refractivity contribution in [3.05, 3.63) is 29.6 Å². The summed E-state index contributed by atoms with van der Waals surface area (Å²) in [5.74, 6) is 0.656. The van der Waals surface area contributed by atoms with E-state index < -0.39 is 0 Å². The lowest BCUT2D eigenvalue weighted by Gasteiger charge is -2.36. The monoisotopic (exact) mass is 250 g/mol. The Labute approximate surface area is 109 Å². The molecular weight excluding hydrogens is 227 g/mol. The van der Waals surface area contributed by atoms with Crippen molar-refractivity contribution >= 4 is 5.69 Å². The minimum Gasteiger partial charge on any atom is -0.369 e. The molecule has 1 saturated carbocycles. The molecule has 0 amide bonds. The molecule has 0 radical (unpaired) electrons. The average Bonchev–Trinajstić information content (AvgIpc) is 2.38. The van der Waals surface area contributed by atoms with Crippen molar-refractivity contribution in [1.82, 2.24) is 0 Å². The molecule has 0 aromatic heterocycles. The van der Waals surface area contributed by atoms with Crippen LogP contribution in [-0.4, -0.2) is 13.1 Å². The fourth-order valence-corrected chi connectivity index (χ4v) is 2.93. The molecule has 0 heterocycles. The van der Waals surface area contributed by atoms with Gasteiger partial charge in [-0.2, -0.15) is 0 Å². The number of nitrogens with zero attached hydrogens (tertiary/aromatic N) is 1. The zero-order valence-corrected chi connectivity index (χ0v) is 11.3. The molecule has 2 nitrogen and oxygen atoms in total. The Bertz CT molecular complexity index is 397. The highest BCUT2D eigenvalue weighted by atomic mass is 19.1. The van der Waals surface area contributed by atoms with E-state index in [1.807, 2.05) is 13.1 Å². The topological polar surface area (TPSA) is 29.3 Å². The van der Waals surface area contributed by atoms with Gasteiger partial charge in [0, 0.05) is 19.6 Å². The number of nitrogens with two attached hydrogens (primary N) is 1. The smallest absolute Gasteiger partial charge is 0.146 e. The number of anilines is 1. The van der Waals surface area contributed by atoms with Crippen LogP contribution in [0.25, 0.3) is 0 Å². The van der Waals surface area contributed by atoms with Gasteiger partial charge in [-0.25, -0.2) is 4.39 Å². The molecule has 2 rings (SSSR count). The van der Waals surface area contributed by atoms with Crippen LogP contribution in [0.2, 0.25) is 0 Å². The van der Waals surface area contributed by atoms with E-state index in [4.69, 9.17) is 5.73 Å². The van der Waals surface area contributed by atoms with Crippen LogP contribution in [0.3, 0.4) is 0 Å². The molecule has 1 aromatic rings. The van der Waals surface area contributed by atoms with E-state index in [1.54, 1.807) is 6.07 Å². The summed E-state index contributed by atoms with van der Waals surface area (Å²) in [6.07, 6.45) is 4.77. The van der Waals surface area contributed by atoms with Crippen molar-refractivity contribution in [2.45, 2.75) is 45.2 Å². The molecule has 2 N–H and O–H groups in total. The normalized spacial score (nSPS) is 24.0. The van der Waals surface area contributed by atoms with Crippen LogP contribution in [0.15, 0.2) is 18.2 Å². The first-order chi connectivity index (χ1) is 8.63. The molecule has 0 atom stereocenters. The van der Waals surface area contributed by atoms with Gasteiger partial charge in [0.05, 0.1) is 5.69 Å². The zero-order chi connectivity index (χ0) is 13.1. The van der Waals surface area contributed by atoms with Crippen LogP contribution >= 0.6 is 0 Å². The summed E-state index contributed by atoms with van der Waals surface area (Å²) in [6.45, 7) is 2.69. The van der Waals surface area contributed by atoms with E-state index in [1.165, 1.54) is 18.9 Å². The van der Waals surface area contributed by atoms with Crippen molar-refractivity contribution in [3.63, 3.8) is 0 Å². The third kappa shape index (κ3) is 2.66. The zero-order valence-electron chi connectivity index (χ0n) is 11.3. The summed E-state index contributed by atoms with van der Waals surface area (Å²) >= 11 is 0. The third-order valence-corrected chi connectivity index (χ3v) is 4.18. The molecule has 0 aliphatic heterocycles. The molecule has 100 valence electrons. The van der Waals surface area contributed by atoms with Gasteiger partial charge < -0.3 is 10.6 Å². The van der Waals surface area contributed by atoms with Crippen LogP contribution in [0, 0.1) is 11.7 Å². The van der Waals surface area contributed by atoms with Crippen LogP contribution in [0.5, 0.6) is 0 Å². The van der Waals surface area contributed by atoms with Gasteiger partial charge >= 0.3 is 0 Å². The maximum atomic E-state index is 14.0. The molecule has 0 spiro atoms. The number of halogens is 1. The van der Waals surface area contributed by atoms with Gasteiger partial charge in [-0.05, 0) is 43.2 Å². The number of benzene rings is 1. The lowest BCUT2D eigenvalue weighted by molar-refractivity contribution is 0.339. The Morgan fingerprint density at radius 2 is 1.94 bits per heavy atom. The van der Waals surface area contributed by atoms with E-state index >= 15 is 0 Å². The van der Waals surface area contributed by atoms with Gasteiger partial charge in [0.1, 0.15) is 5.82 Å². The fraction of sp³-hybridized carbons (Fsp3) is 0.600. The molecule has 1 aliphatic rings. The van der Waals surface area contributed by atoms with Crippen molar-refractivity contribution in [1.29, 1.82) is 0 Å². The van der Waals surface area contributed by atoms with Crippen molar-refractivity contribution in [3.8, 4) is 0 Å². The van der Waals surface area contributed by atoms with Crippen LogP contribution in [0.4, 0.5) is 10.1 Å². The minimum atomic E-state index is -0.154. The maximum absolute atomic E-state index is 14.0. The van der Waals surface area contributed by atoms with E-state index in [0.29, 0.717) is 18.3 Å². The Morgan fingerprint density at radius 1 is 1.28 bits per heavy atom. The molecule has 1 fully saturated rings. The predicted octanol–water partition coefficient (Wildman–Crippen LogP) is 3.30. The second kappa shape index (κ2) is 5.70. The first kappa shape index (κ1) is 13.3. The quantitative estimate of drug-likeness (QED) is 0.892. The number of hydrogen-bond acceptors (Lipinski definition) is 2. The number of hydrogen-bond donors (Lipinski definition) is 1. The summed E-state index contributed by atoms with van der Waals surface area (Å²) in [4.78, 5) is 2.10. The summed E-state index contributed by atoms with van der Waals surface area (Å²) in [5.41, 5.74) is 7.31. The van der Waals surface area contributed by atoms with Gasteiger partial charge in [-0.3, -0.25) is 0 Å². The first-order valence-corrected chi connectivity index (χ1v) is 6.83. The second-order valence-corrected chi connectivity index (χ2v) is 5.48. The highest BCUT2D eigenvalue weighted by Gasteiger charge is 2.24. The van der Waals surface area contributed by atoms with Crippen LogP contribution in [-0.2, 0) is 6.54 Å². The lowest BCUT2D eigenvalue weighted by atomic mass is 9.86. The highest BCUT2D eigenvalue weighted by molar-refractivity contribution is 5.55. The summed E-state index contributed by atoms with van der Waals surface area (Å²) in [6, 6.07) is 5.62. The summed E-state index contributed by atoms with van der Waals surface area (Å²) in [7, 11) is 2.00. The maximum Gasteiger partial charge on any atom is 0.146 e. The largest absolute Gasteiger partial charge is 0.369 e. The number of para-hydroxylation sites is 1. The SMILES string of the molecule is CC1CCC(N(C)c2c(F)cccc2CN)CC1. The van der Waals surface area contributed by atoms with E-state index in [2.05, 4.69) is 11.8 Å². The fourth-order valence-electron chi connectivity index (χ4n) is 2.93. The molecular formula is C15H23FN2. The number of rotatable bonds is 3. The lowest BCUT2D eigenvalue weighted by Crippen LogP contribution is -2.36. The highest BCUT2D eigenvalue weighted by Crippen LogP contribution is 2.32. The van der Waals surface area contributed by atoms with Crippen molar-refractivity contribution in [2.24, 2.45) is 11.7 Å². The van der Waals surface area contributed by atoms with Crippen LogP contribution < -0.4 is 10.6 Å². The summed E-state index contributed by atoms with van der Waals surface area (Å²) < 4.78 is 14.0. The Kier molecular flexibility index (Phi) is 4.23. The van der Waals surface area contributed by atoms with Crippen molar-refractivity contribution < 1.29 is 4.39 Å². The predicted molar refractivity (Wildman–Crippen MR) is 74.1 cm³/mol. The van der Waals surface area contributed by atoms with Gasteiger partial charge in [0.25, 0.3) is 0 Å². The van der Waals surface area contributed by atoms with Gasteiger partial charge in [0.2, 0.25) is 0 Å². The molecule has 1 aromatic carbocycles. The average molecular weight is 250 g/mol. The Balaban J connectivity index is 2.20. The standard InChI is InChI=1S/C15H23FN2/c1-11-6-8-13(9-7-11)18(2)15-12(10-17)4-3-5-14(15)16/h3-5,11,13H,6-10,17H2,1-2H3. The Hall–Kier alpha value is -1.09. The van der Waals surface area contributed by atoms with Gasteiger partial charge in [-0.15, -0.1) is 0 Å². The molecule has 1 aliphatic carbocycles. The molecule has 0 bridgehead atoms. The second-order valence-electron chi connectivity index (χ2n) is 5.48. The van der Waals surface area contributed by atoms with Crippen molar-refractivity contribution in [2.75, 3.05) is 11.9 Å². The molecule has 0 unspecified atom stereocenters. The van der Waals surface area contributed by atoms with Crippen LogP contribution in [0.1, 0.15) is 38.2 Å². The third-order valence-electron chi connectivity index (χ3n) is 4.18. The first-order valence-electron chi connectivity index (χ1n) is 6.83. The van der Waals surface area contributed by atoms with E-state index in [0.717, 1.165) is 24.3 Å². The summed E-state index contributed by atoms with van der Waals surface area (Å²) in [5, 5.41) is 0. The molecule has 3 heteroatoms.